The lowest BCUT2D eigenvalue weighted by Gasteiger charge is -2.21. The molecule has 82 valence electrons. The van der Waals surface area contributed by atoms with E-state index >= 15 is 0 Å². The lowest BCUT2D eigenvalue weighted by atomic mass is 10.1. The standard InChI is InChI=1S/C10H15BrN4/c1-7(10(12)13)6-15(2)9-4-3-8(11)5-14-9/h3-5,7H,6H2,1-2H3,(H3,12,13). The van der Waals surface area contributed by atoms with Crippen LogP contribution in [0, 0.1) is 11.3 Å². The molecular weight excluding hydrogens is 256 g/mol. The molecule has 0 aliphatic carbocycles. The van der Waals surface area contributed by atoms with Crippen LogP contribution in [0.15, 0.2) is 22.8 Å². The van der Waals surface area contributed by atoms with Crippen molar-refractivity contribution in [1.82, 2.24) is 4.98 Å². The molecule has 1 atom stereocenters. The molecule has 0 aromatic carbocycles. The summed E-state index contributed by atoms with van der Waals surface area (Å²) in [7, 11) is 1.94. The quantitative estimate of drug-likeness (QED) is 0.648. The van der Waals surface area contributed by atoms with Gasteiger partial charge in [0.2, 0.25) is 0 Å². The Morgan fingerprint density at radius 3 is 2.80 bits per heavy atom. The third-order valence-corrected chi connectivity index (χ3v) is 2.65. The summed E-state index contributed by atoms with van der Waals surface area (Å²) in [5.74, 6) is 1.13. The summed E-state index contributed by atoms with van der Waals surface area (Å²) >= 11 is 3.33. The van der Waals surface area contributed by atoms with Crippen LogP contribution in [-0.2, 0) is 0 Å². The Morgan fingerprint density at radius 2 is 2.33 bits per heavy atom. The van der Waals surface area contributed by atoms with E-state index in [0.29, 0.717) is 6.54 Å². The topological polar surface area (TPSA) is 66.0 Å². The first-order valence-corrected chi connectivity index (χ1v) is 5.46. The van der Waals surface area contributed by atoms with E-state index in [1.54, 1.807) is 6.20 Å². The van der Waals surface area contributed by atoms with Gasteiger partial charge in [-0.3, -0.25) is 5.41 Å². The van der Waals surface area contributed by atoms with Crippen LogP contribution in [0.4, 0.5) is 5.82 Å². The zero-order chi connectivity index (χ0) is 11.4. The molecule has 1 rings (SSSR count). The maximum atomic E-state index is 7.31. The van der Waals surface area contributed by atoms with Crippen LogP contribution in [0.1, 0.15) is 6.92 Å². The molecule has 0 aliphatic heterocycles. The van der Waals surface area contributed by atoms with Crippen molar-refractivity contribution in [3.8, 4) is 0 Å². The number of amidine groups is 1. The Hall–Kier alpha value is -1.10. The van der Waals surface area contributed by atoms with E-state index in [4.69, 9.17) is 11.1 Å². The van der Waals surface area contributed by atoms with Crippen LogP contribution in [0.5, 0.6) is 0 Å². The number of hydrogen-bond donors (Lipinski definition) is 2. The van der Waals surface area contributed by atoms with Crippen molar-refractivity contribution < 1.29 is 0 Å². The largest absolute Gasteiger partial charge is 0.387 e. The first-order valence-electron chi connectivity index (χ1n) is 4.67. The first-order chi connectivity index (χ1) is 7.00. The molecule has 15 heavy (non-hydrogen) atoms. The van der Waals surface area contributed by atoms with Crippen molar-refractivity contribution in [2.45, 2.75) is 6.92 Å². The number of nitrogens with zero attached hydrogens (tertiary/aromatic N) is 2. The van der Waals surface area contributed by atoms with E-state index < -0.39 is 0 Å². The molecule has 0 bridgehead atoms. The first kappa shape index (κ1) is 12.0. The van der Waals surface area contributed by atoms with Crippen LogP contribution >= 0.6 is 15.9 Å². The molecule has 5 heteroatoms. The number of halogens is 1. The highest BCUT2D eigenvalue weighted by Crippen LogP contribution is 2.14. The highest BCUT2D eigenvalue weighted by atomic mass is 79.9. The van der Waals surface area contributed by atoms with Gasteiger partial charge in [-0.25, -0.2) is 4.98 Å². The molecule has 3 N–H and O–H groups in total. The number of aromatic nitrogens is 1. The van der Waals surface area contributed by atoms with Gasteiger partial charge >= 0.3 is 0 Å². The summed E-state index contributed by atoms with van der Waals surface area (Å²) in [4.78, 5) is 6.24. The maximum absolute atomic E-state index is 7.31. The number of nitrogens with two attached hydrogens (primary N) is 1. The lowest BCUT2D eigenvalue weighted by Crippen LogP contribution is -2.32. The van der Waals surface area contributed by atoms with Crippen molar-refractivity contribution in [1.29, 1.82) is 5.41 Å². The summed E-state index contributed by atoms with van der Waals surface area (Å²) in [5.41, 5.74) is 5.42. The fourth-order valence-electron chi connectivity index (χ4n) is 1.20. The Balaban J connectivity index is 2.64. The van der Waals surface area contributed by atoms with Crippen LogP contribution in [-0.4, -0.2) is 24.4 Å². The minimum Gasteiger partial charge on any atom is -0.387 e. The predicted octanol–water partition coefficient (Wildman–Crippen LogP) is 1.85. The number of nitrogens with one attached hydrogen (secondary N) is 1. The van der Waals surface area contributed by atoms with E-state index in [1.807, 2.05) is 31.0 Å². The van der Waals surface area contributed by atoms with E-state index in [1.165, 1.54) is 0 Å². The zero-order valence-electron chi connectivity index (χ0n) is 8.87. The SMILES string of the molecule is CC(CN(C)c1ccc(Br)cn1)C(=N)N. The Labute approximate surface area is 98.1 Å². The molecule has 0 radical (unpaired) electrons. The van der Waals surface area contributed by atoms with E-state index in [2.05, 4.69) is 20.9 Å². The highest BCUT2D eigenvalue weighted by molar-refractivity contribution is 9.10. The Bertz CT molecular complexity index is 336. The molecule has 1 unspecified atom stereocenters. The highest BCUT2D eigenvalue weighted by Gasteiger charge is 2.10. The van der Waals surface area contributed by atoms with Crippen LogP contribution in [0.3, 0.4) is 0 Å². The van der Waals surface area contributed by atoms with Crippen molar-refractivity contribution >= 4 is 27.6 Å². The second-order valence-electron chi connectivity index (χ2n) is 3.57. The van der Waals surface area contributed by atoms with Gasteiger partial charge in [0.25, 0.3) is 0 Å². The number of anilines is 1. The summed E-state index contributed by atoms with van der Waals surface area (Å²) in [6.07, 6.45) is 1.75. The van der Waals surface area contributed by atoms with Gasteiger partial charge in [0.1, 0.15) is 5.82 Å². The minimum absolute atomic E-state index is 0.0421. The van der Waals surface area contributed by atoms with Gasteiger partial charge in [0.05, 0.1) is 5.84 Å². The molecule has 1 aromatic rings. The average Bonchev–Trinajstić information content (AvgIpc) is 2.18. The van der Waals surface area contributed by atoms with Gasteiger partial charge in [-0.05, 0) is 28.1 Å². The number of hydrogen-bond acceptors (Lipinski definition) is 3. The van der Waals surface area contributed by atoms with Crippen molar-refractivity contribution in [3.05, 3.63) is 22.8 Å². The van der Waals surface area contributed by atoms with E-state index in [9.17, 15) is 0 Å². The summed E-state index contributed by atoms with van der Waals surface area (Å²) in [5, 5.41) is 7.31. The third-order valence-electron chi connectivity index (χ3n) is 2.18. The second-order valence-corrected chi connectivity index (χ2v) is 4.49. The van der Waals surface area contributed by atoms with Gasteiger partial charge in [0.15, 0.2) is 0 Å². The van der Waals surface area contributed by atoms with Crippen molar-refractivity contribution in [2.24, 2.45) is 11.7 Å². The zero-order valence-corrected chi connectivity index (χ0v) is 10.5. The minimum atomic E-state index is 0.0421. The molecule has 0 amide bonds. The van der Waals surface area contributed by atoms with Crippen molar-refractivity contribution in [2.75, 3.05) is 18.5 Å². The lowest BCUT2D eigenvalue weighted by molar-refractivity contribution is 0.722. The van der Waals surface area contributed by atoms with Gasteiger partial charge in [-0.2, -0.15) is 0 Å². The van der Waals surface area contributed by atoms with E-state index in [-0.39, 0.29) is 11.8 Å². The molecule has 1 aromatic heterocycles. The third kappa shape index (κ3) is 3.51. The molecule has 0 saturated heterocycles. The van der Waals surface area contributed by atoms with E-state index in [0.717, 1.165) is 10.3 Å². The second kappa shape index (κ2) is 5.11. The normalized spacial score (nSPS) is 12.2. The molecule has 0 aliphatic rings. The van der Waals surface area contributed by atoms with Crippen molar-refractivity contribution in [3.63, 3.8) is 0 Å². The van der Waals surface area contributed by atoms with Gasteiger partial charge < -0.3 is 10.6 Å². The van der Waals surface area contributed by atoms with Gasteiger partial charge in [0, 0.05) is 30.2 Å². The molecule has 1 heterocycles. The predicted molar refractivity (Wildman–Crippen MR) is 66.3 cm³/mol. The molecule has 4 nitrogen and oxygen atoms in total. The monoisotopic (exact) mass is 270 g/mol. The fraction of sp³-hybridized carbons (Fsp3) is 0.400. The van der Waals surface area contributed by atoms with Crippen LogP contribution in [0.2, 0.25) is 0 Å². The Kier molecular flexibility index (Phi) is 4.08. The van der Waals surface area contributed by atoms with Gasteiger partial charge in [-0.1, -0.05) is 6.92 Å². The molecular formula is C10H15BrN4. The average molecular weight is 271 g/mol. The fourth-order valence-corrected chi connectivity index (χ4v) is 1.43. The summed E-state index contributed by atoms with van der Waals surface area (Å²) in [6, 6.07) is 3.87. The maximum Gasteiger partial charge on any atom is 0.128 e. The van der Waals surface area contributed by atoms with Crippen LogP contribution in [0.25, 0.3) is 0 Å². The number of pyridine rings is 1. The molecule has 0 spiro atoms. The molecule has 0 fully saturated rings. The Morgan fingerprint density at radius 1 is 1.67 bits per heavy atom. The smallest absolute Gasteiger partial charge is 0.128 e. The summed E-state index contributed by atoms with van der Waals surface area (Å²) < 4.78 is 0.958. The van der Waals surface area contributed by atoms with Gasteiger partial charge in [-0.15, -0.1) is 0 Å². The summed E-state index contributed by atoms with van der Waals surface area (Å²) in [6.45, 7) is 2.63. The van der Waals surface area contributed by atoms with Crippen LogP contribution < -0.4 is 10.6 Å². The number of rotatable bonds is 4. The molecule has 0 saturated carbocycles.